The predicted molar refractivity (Wildman–Crippen MR) is 132 cm³/mol. The number of halogens is 1. The van der Waals surface area contributed by atoms with Crippen LogP contribution in [0.4, 0.5) is 4.39 Å². The fraction of sp³-hybridized carbons (Fsp3) is 0.259. The van der Waals surface area contributed by atoms with Crippen molar-refractivity contribution >= 4 is 23.2 Å². The van der Waals surface area contributed by atoms with E-state index >= 15 is 0 Å². The normalized spacial score (nSPS) is 14.9. The van der Waals surface area contributed by atoms with Crippen LogP contribution in [0.25, 0.3) is 0 Å². The molecule has 0 saturated heterocycles. The van der Waals surface area contributed by atoms with Crippen LogP contribution in [0.2, 0.25) is 0 Å². The molecule has 1 aromatic heterocycles. The molecule has 0 fully saturated rings. The number of thiophene rings is 1. The highest BCUT2D eigenvalue weighted by molar-refractivity contribution is 7.10. The number of aryl methyl sites for hydroxylation is 1. The van der Waals surface area contributed by atoms with Crippen molar-refractivity contribution in [1.29, 1.82) is 0 Å². The zero-order valence-corrected chi connectivity index (χ0v) is 19.9. The molecule has 5 nitrogen and oxygen atoms in total. The Kier molecular flexibility index (Phi) is 7.43. The molecule has 2 amide bonds. The van der Waals surface area contributed by atoms with Gasteiger partial charge in [0.05, 0.1) is 6.04 Å². The van der Waals surface area contributed by atoms with E-state index in [0.29, 0.717) is 13.2 Å². The molecule has 1 aliphatic rings. The SMILES string of the molecule is C=CCN(CC(=O)N1CCc2sccc2[C@@H]1COc1ccccc1C)C(=O)c1cccc(F)c1. The highest BCUT2D eigenvalue weighted by atomic mass is 32.1. The summed E-state index contributed by atoms with van der Waals surface area (Å²) in [6, 6.07) is 15.1. The summed E-state index contributed by atoms with van der Waals surface area (Å²) in [4.78, 5) is 30.9. The number of carbonyl (C=O) groups is 2. The summed E-state index contributed by atoms with van der Waals surface area (Å²) in [7, 11) is 0. The second-order valence-corrected chi connectivity index (χ2v) is 9.21. The molecule has 176 valence electrons. The summed E-state index contributed by atoms with van der Waals surface area (Å²) >= 11 is 1.69. The number of nitrogens with zero attached hydrogens (tertiary/aromatic N) is 2. The first-order chi connectivity index (χ1) is 16.5. The second-order valence-electron chi connectivity index (χ2n) is 8.21. The number of benzene rings is 2. The molecular weight excluding hydrogens is 451 g/mol. The first-order valence-electron chi connectivity index (χ1n) is 11.2. The van der Waals surface area contributed by atoms with Gasteiger partial charge in [-0.3, -0.25) is 9.59 Å². The number of para-hydroxylation sites is 1. The van der Waals surface area contributed by atoms with Crippen molar-refractivity contribution < 1.29 is 18.7 Å². The lowest BCUT2D eigenvalue weighted by Gasteiger charge is -2.37. The minimum absolute atomic E-state index is 0.123. The average Bonchev–Trinajstić information content (AvgIpc) is 3.32. The van der Waals surface area contributed by atoms with Gasteiger partial charge in [-0.2, -0.15) is 0 Å². The van der Waals surface area contributed by atoms with Gasteiger partial charge in [0, 0.05) is 23.5 Å². The van der Waals surface area contributed by atoms with Gasteiger partial charge in [-0.05, 0) is 60.2 Å². The minimum Gasteiger partial charge on any atom is -0.491 e. The maximum Gasteiger partial charge on any atom is 0.254 e. The van der Waals surface area contributed by atoms with Crippen LogP contribution >= 0.6 is 11.3 Å². The highest BCUT2D eigenvalue weighted by Crippen LogP contribution is 2.34. The molecule has 3 aromatic rings. The van der Waals surface area contributed by atoms with E-state index in [1.165, 1.54) is 28.0 Å². The van der Waals surface area contributed by atoms with Crippen LogP contribution in [0.5, 0.6) is 5.75 Å². The smallest absolute Gasteiger partial charge is 0.254 e. The summed E-state index contributed by atoms with van der Waals surface area (Å²) < 4.78 is 19.8. The van der Waals surface area contributed by atoms with Crippen molar-refractivity contribution in [3.63, 3.8) is 0 Å². The van der Waals surface area contributed by atoms with Crippen molar-refractivity contribution in [1.82, 2.24) is 9.80 Å². The summed E-state index contributed by atoms with van der Waals surface area (Å²) in [5.74, 6) is -0.299. The summed E-state index contributed by atoms with van der Waals surface area (Å²) in [6.07, 6.45) is 2.33. The van der Waals surface area contributed by atoms with Gasteiger partial charge >= 0.3 is 0 Å². The highest BCUT2D eigenvalue weighted by Gasteiger charge is 2.33. The lowest BCUT2D eigenvalue weighted by atomic mass is 10.00. The minimum atomic E-state index is -0.495. The van der Waals surface area contributed by atoms with Crippen molar-refractivity contribution in [3.05, 3.63) is 100 Å². The van der Waals surface area contributed by atoms with Gasteiger partial charge in [0.1, 0.15) is 24.7 Å². The molecule has 0 aliphatic carbocycles. The Hall–Kier alpha value is -3.45. The number of ether oxygens (including phenoxy) is 1. The third kappa shape index (κ3) is 5.20. The Morgan fingerprint density at radius 3 is 2.82 bits per heavy atom. The van der Waals surface area contributed by atoms with Gasteiger partial charge in [0.25, 0.3) is 5.91 Å². The first kappa shape index (κ1) is 23.7. The monoisotopic (exact) mass is 478 g/mol. The van der Waals surface area contributed by atoms with Gasteiger partial charge < -0.3 is 14.5 Å². The van der Waals surface area contributed by atoms with Crippen LogP contribution in [0.1, 0.15) is 32.4 Å². The first-order valence-corrected chi connectivity index (χ1v) is 12.1. The molecule has 1 atom stereocenters. The Balaban J connectivity index is 1.53. The largest absolute Gasteiger partial charge is 0.491 e. The number of hydrogen-bond donors (Lipinski definition) is 0. The van der Waals surface area contributed by atoms with Crippen molar-refractivity contribution in [2.75, 3.05) is 26.2 Å². The molecule has 0 saturated carbocycles. The molecule has 0 radical (unpaired) electrons. The lowest BCUT2D eigenvalue weighted by Crippen LogP contribution is -2.47. The van der Waals surface area contributed by atoms with Crippen LogP contribution in [-0.4, -0.2) is 47.9 Å². The van der Waals surface area contributed by atoms with E-state index in [1.54, 1.807) is 28.4 Å². The van der Waals surface area contributed by atoms with E-state index in [4.69, 9.17) is 4.74 Å². The van der Waals surface area contributed by atoms with Crippen LogP contribution < -0.4 is 4.74 Å². The van der Waals surface area contributed by atoms with Crippen LogP contribution in [-0.2, 0) is 11.2 Å². The Morgan fingerprint density at radius 1 is 1.24 bits per heavy atom. The topological polar surface area (TPSA) is 49.9 Å². The molecule has 0 unspecified atom stereocenters. The van der Waals surface area contributed by atoms with Gasteiger partial charge in [-0.15, -0.1) is 17.9 Å². The quantitative estimate of drug-likeness (QED) is 0.427. The molecule has 34 heavy (non-hydrogen) atoms. The number of amides is 2. The standard InChI is InChI=1S/C27H27FN2O3S/c1-3-13-29(27(32)20-8-6-9-21(28)16-20)17-26(31)30-14-11-25-22(12-15-34-25)23(30)18-33-24-10-5-4-7-19(24)2/h3-10,12,15-16,23H,1,11,13-14,17-18H2,2H3/t23-/m0/s1. The second kappa shape index (κ2) is 10.7. The zero-order chi connectivity index (χ0) is 24.1. The van der Waals surface area contributed by atoms with Gasteiger partial charge in [0.15, 0.2) is 0 Å². The fourth-order valence-electron chi connectivity index (χ4n) is 4.19. The average molecular weight is 479 g/mol. The molecular formula is C27H27FN2O3S. The van der Waals surface area contributed by atoms with Gasteiger partial charge in [0.2, 0.25) is 5.91 Å². The summed E-state index contributed by atoms with van der Waals surface area (Å²) in [6.45, 7) is 6.62. The molecule has 0 N–H and O–H groups in total. The molecule has 2 aromatic carbocycles. The van der Waals surface area contributed by atoms with Crippen molar-refractivity contribution in [2.45, 2.75) is 19.4 Å². The number of fused-ring (bicyclic) bond motifs is 1. The fourth-order valence-corrected chi connectivity index (χ4v) is 5.12. The zero-order valence-electron chi connectivity index (χ0n) is 19.1. The summed E-state index contributed by atoms with van der Waals surface area (Å²) in [5, 5.41) is 2.04. The van der Waals surface area contributed by atoms with Crippen LogP contribution in [0, 0.1) is 12.7 Å². The van der Waals surface area contributed by atoms with Crippen LogP contribution in [0.3, 0.4) is 0 Å². The molecule has 4 rings (SSSR count). The van der Waals surface area contributed by atoms with Gasteiger partial charge in [-0.25, -0.2) is 4.39 Å². The molecule has 0 spiro atoms. The van der Waals surface area contributed by atoms with E-state index in [0.717, 1.165) is 23.3 Å². The van der Waals surface area contributed by atoms with E-state index in [-0.39, 0.29) is 30.6 Å². The maximum atomic E-state index is 13.7. The number of hydrogen-bond acceptors (Lipinski definition) is 4. The number of carbonyl (C=O) groups excluding carboxylic acids is 2. The van der Waals surface area contributed by atoms with E-state index in [2.05, 4.69) is 6.58 Å². The molecule has 1 aliphatic heterocycles. The third-order valence-corrected chi connectivity index (χ3v) is 6.94. The predicted octanol–water partition coefficient (Wildman–Crippen LogP) is 5.03. The molecule has 7 heteroatoms. The van der Waals surface area contributed by atoms with Crippen LogP contribution in [0.15, 0.2) is 72.6 Å². The Morgan fingerprint density at radius 2 is 2.06 bits per heavy atom. The van der Waals surface area contributed by atoms with E-state index < -0.39 is 11.7 Å². The Labute approximate surface area is 203 Å². The number of rotatable bonds is 8. The van der Waals surface area contributed by atoms with Crippen molar-refractivity contribution in [2.24, 2.45) is 0 Å². The molecule has 0 bridgehead atoms. The summed E-state index contributed by atoms with van der Waals surface area (Å²) in [5.41, 5.74) is 2.32. The van der Waals surface area contributed by atoms with Gasteiger partial charge in [-0.1, -0.05) is 30.3 Å². The van der Waals surface area contributed by atoms with E-state index in [1.807, 2.05) is 42.6 Å². The van der Waals surface area contributed by atoms with E-state index in [9.17, 15) is 14.0 Å². The maximum absolute atomic E-state index is 13.7. The third-order valence-electron chi connectivity index (χ3n) is 5.94. The Bertz CT molecular complexity index is 1190. The van der Waals surface area contributed by atoms with Crippen molar-refractivity contribution in [3.8, 4) is 5.75 Å². The lowest BCUT2D eigenvalue weighted by molar-refractivity contribution is -0.135. The molecule has 2 heterocycles.